The lowest BCUT2D eigenvalue weighted by atomic mass is 10.1. The third-order valence-electron chi connectivity index (χ3n) is 3.43. The van der Waals surface area contributed by atoms with E-state index >= 15 is 0 Å². The van der Waals surface area contributed by atoms with E-state index in [-0.39, 0.29) is 0 Å². The van der Waals surface area contributed by atoms with Crippen molar-refractivity contribution < 1.29 is 0 Å². The minimum Gasteiger partial charge on any atom is -0.130 e. The van der Waals surface area contributed by atoms with Crippen molar-refractivity contribution in [3.8, 4) is 17.1 Å². The van der Waals surface area contributed by atoms with Crippen LogP contribution in [-0.4, -0.2) is 20.2 Å². The predicted molar refractivity (Wildman–Crippen MR) is 82.1 cm³/mol. The number of hydrogen-bond donors (Lipinski definition) is 0. The quantitative estimate of drug-likeness (QED) is 0.561. The summed E-state index contributed by atoms with van der Waals surface area (Å²) in [5.74, 6) is 0.628. The Bertz CT molecular complexity index is 891. The fourth-order valence-corrected chi connectivity index (χ4v) is 2.40. The zero-order valence-electron chi connectivity index (χ0n) is 11.2. The van der Waals surface area contributed by atoms with Gasteiger partial charge in [-0.25, -0.2) is 0 Å². The lowest BCUT2D eigenvalue weighted by Crippen LogP contribution is -1.99. The molecular formula is C17H12N4. The second-order valence-electron chi connectivity index (χ2n) is 4.77. The average molecular weight is 272 g/mol. The van der Waals surface area contributed by atoms with Crippen molar-refractivity contribution in [2.45, 2.75) is 0 Å². The van der Waals surface area contributed by atoms with Crippen molar-refractivity contribution in [1.82, 2.24) is 20.2 Å². The molecule has 0 spiro atoms. The summed E-state index contributed by atoms with van der Waals surface area (Å²) in [6, 6.07) is 24.1. The van der Waals surface area contributed by atoms with Crippen molar-refractivity contribution in [3.63, 3.8) is 0 Å². The van der Waals surface area contributed by atoms with Gasteiger partial charge in [-0.15, -0.1) is 15.0 Å². The molecule has 0 atom stereocenters. The van der Waals surface area contributed by atoms with Gasteiger partial charge in [0.05, 0.1) is 5.69 Å². The van der Waals surface area contributed by atoms with Gasteiger partial charge in [-0.3, -0.25) is 0 Å². The van der Waals surface area contributed by atoms with Gasteiger partial charge in [-0.2, -0.15) is 0 Å². The van der Waals surface area contributed by atoms with E-state index in [2.05, 4.69) is 33.6 Å². The second kappa shape index (κ2) is 4.83. The molecule has 0 bridgehead atoms. The van der Waals surface area contributed by atoms with Crippen LogP contribution in [0.1, 0.15) is 0 Å². The van der Waals surface area contributed by atoms with Crippen LogP contribution in [0.25, 0.3) is 27.8 Å². The maximum Gasteiger partial charge on any atom is 0.205 e. The minimum atomic E-state index is 0.628. The van der Waals surface area contributed by atoms with Crippen molar-refractivity contribution in [1.29, 1.82) is 0 Å². The van der Waals surface area contributed by atoms with Crippen molar-refractivity contribution in [2.24, 2.45) is 0 Å². The Balaban J connectivity index is 1.85. The highest BCUT2D eigenvalue weighted by molar-refractivity contribution is 5.89. The number of benzene rings is 3. The van der Waals surface area contributed by atoms with Gasteiger partial charge < -0.3 is 0 Å². The van der Waals surface area contributed by atoms with Crippen molar-refractivity contribution in [3.05, 3.63) is 72.8 Å². The molecular weight excluding hydrogens is 260 g/mol. The van der Waals surface area contributed by atoms with Crippen LogP contribution in [0.15, 0.2) is 72.8 Å². The SMILES string of the molecule is c1ccc(-c2nnn(-c3cccc4ccccc34)n2)cc1. The molecule has 0 aliphatic rings. The monoisotopic (exact) mass is 272 g/mol. The first-order valence-electron chi connectivity index (χ1n) is 6.75. The Hall–Kier alpha value is -3.01. The summed E-state index contributed by atoms with van der Waals surface area (Å²) in [5.41, 5.74) is 1.90. The summed E-state index contributed by atoms with van der Waals surface area (Å²) in [4.78, 5) is 1.59. The number of nitrogens with zero attached hydrogens (tertiary/aromatic N) is 4. The highest BCUT2D eigenvalue weighted by Crippen LogP contribution is 2.21. The van der Waals surface area contributed by atoms with E-state index in [4.69, 9.17) is 0 Å². The number of tetrazole rings is 1. The molecule has 0 radical (unpaired) electrons. The number of fused-ring (bicyclic) bond motifs is 1. The number of aromatic nitrogens is 4. The molecule has 100 valence electrons. The summed E-state index contributed by atoms with van der Waals surface area (Å²) in [7, 11) is 0. The van der Waals surface area contributed by atoms with E-state index < -0.39 is 0 Å². The van der Waals surface area contributed by atoms with Gasteiger partial charge in [0.1, 0.15) is 0 Å². The van der Waals surface area contributed by atoms with Gasteiger partial charge >= 0.3 is 0 Å². The third-order valence-corrected chi connectivity index (χ3v) is 3.43. The van der Waals surface area contributed by atoms with Crippen LogP contribution in [0.5, 0.6) is 0 Å². The Morgan fingerprint density at radius 2 is 1.48 bits per heavy atom. The van der Waals surface area contributed by atoms with Crippen LogP contribution in [-0.2, 0) is 0 Å². The van der Waals surface area contributed by atoms with E-state index in [0.29, 0.717) is 5.82 Å². The average Bonchev–Trinajstić information content (AvgIpc) is 3.05. The van der Waals surface area contributed by atoms with Gasteiger partial charge in [0.15, 0.2) is 0 Å². The Morgan fingerprint density at radius 3 is 2.38 bits per heavy atom. The molecule has 4 rings (SSSR count). The number of hydrogen-bond acceptors (Lipinski definition) is 3. The standard InChI is InChI=1S/C17H12N4/c1-2-8-14(9-3-1)17-18-20-21(19-17)16-12-6-10-13-7-4-5-11-15(13)16/h1-12H. The normalized spacial score (nSPS) is 10.9. The number of rotatable bonds is 2. The zero-order chi connectivity index (χ0) is 14.1. The lowest BCUT2D eigenvalue weighted by Gasteiger charge is -2.03. The second-order valence-corrected chi connectivity index (χ2v) is 4.77. The first kappa shape index (κ1) is 11.8. The maximum atomic E-state index is 4.50. The molecule has 1 aromatic heterocycles. The Morgan fingerprint density at radius 1 is 0.714 bits per heavy atom. The zero-order valence-corrected chi connectivity index (χ0v) is 11.2. The first-order valence-corrected chi connectivity index (χ1v) is 6.75. The van der Waals surface area contributed by atoms with Gasteiger partial charge in [-0.05, 0) is 16.7 Å². The van der Waals surface area contributed by atoms with Crippen LogP contribution in [0, 0.1) is 0 Å². The third kappa shape index (κ3) is 2.07. The van der Waals surface area contributed by atoms with E-state index in [1.807, 2.05) is 54.6 Å². The predicted octanol–water partition coefficient (Wildman–Crippen LogP) is 3.48. The van der Waals surface area contributed by atoms with Gasteiger partial charge in [0, 0.05) is 10.9 Å². The summed E-state index contributed by atoms with van der Waals surface area (Å²) < 4.78 is 0. The molecule has 3 aromatic carbocycles. The molecule has 0 aliphatic heterocycles. The fraction of sp³-hybridized carbons (Fsp3) is 0. The van der Waals surface area contributed by atoms with Crippen LogP contribution >= 0.6 is 0 Å². The van der Waals surface area contributed by atoms with Crippen LogP contribution in [0.2, 0.25) is 0 Å². The summed E-state index contributed by atoms with van der Waals surface area (Å²) in [6.45, 7) is 0. The molecule has 0 aliphatic carbocycles. The Kier molecular flexibility index (Phi) is 2.71. The van der Waals surface area contributed by atoms with Gasteiger partial charge in [0.2, 0.25) is 5.82 Å². The molecule has 0 fully saturated rings. The molecule has 0 unspecified atom stereocenters. The van der Waals surface area contributed by atoms with Crippen LogP contribution in [0.3, 0.4) is 0 Å². The Labute approximate surface area is 121 Å². The summed E-state index contributed by atoms with van der Waals surface area (Å²) in [6.07, 6.45) is 0. The highest BCUT2D eigenvalue weighted by Gasteiger charge is 2.09. The van der Waals surface area contributed by atoms with Gasteiger partial charge in [0.25, 0.3) is 0 Å². The molecule has 4 heteroatoms. The van der Waals surface area contributed by atoms with Gasteiger partial charge in [-0.1, -0.05) is 66.7 Å². The molecule has 0 N–H and O–H groups in total. The first-order chi connectivity index (χ1) is 10.4. The van der Waals surface area contributed by atoms with E-state index in [0.717, 1.165) is 22.0 Å². The topological polar surface area (TPSA) is 43.6 Å². The largest absolute Gasteiger partial charge is 0.205 e. The molecule has 0 amide bonds. The smallest absolute Gasteiger partial charge is 0.130 e. The molecule has 0 saturated carbocycles. The summed E-state index contributed by atoms with van der Waals surface area (Å²) >= 11 is 0. The lowest BCUT2D eigenvalue weighted by molar-refractivity contribution is 0.725. The van der Waals surface area contributed by atoms with Crippen LogP contribution < -0.4 is 0 Å². The molecule has 21 heavy (non-hydrogen) atoms. The van der Waals surface area contributed by atoms with E-state index in [1.165, 1.54) is 0 Å². The molecule has 4 nitrogen and oxygen atoms in total. The molecule has 1 heterocycles. The van der Waals surface area contributed by atoms with Crippen molar-refractivity contribution >= 4 is 10.8 Å². The van der Waals surface area contributed by atoms with E-state index in [1.54, 1.807) is 4.80 Å². The van der Waals surface area contributed by atoms with E-state index in [9.17, 15) is 0 Å². The maximum absolute atomic E-state index is 4.50. The molecule has 0 saturated heterocycles. The highest BCUT2D eigenvalue weighted by atomic mass is 15.6. The summed E-state index contributed by atoms with van der Waals surface area (Å²) in [5, 5.41) is 15.1. The van der Waals surface area contributed by atoms with Crippen molar-refractivity contribution in [2.75, 3.05) is 0 Å². The van der Waals surface area contributed by atoms with Crippen LogP contribution in [0.4, 0.5) is 0 Å². The molecule has 4 aromatic rings. The minimum absolute atomic E-state index is 0.628. The fourth-order valence-electron chi connectivity index (χ4n) is 2.40.